The Morgan fingerprint density at radius 2 is 1.96 bits per heavy atom. The van der Waals surface area contributed by atoms with Gasteiger partial charge in [0.05, 0.1) is 5.39 Å². The van der Waals surface area contributed by atoms with Gasteiger partial charge in [0.2, 0.25) is 5.91 Å². The van der Waals surface area contributed by atoms with Crippen molar-refractivity contribution in [1.82, 2.24) is 20.3 Å². The number of hydrogen-bond acceptors (Lipinski definition) is 4. The number of amides is 1. The zero-order valence-electron chi connectivity index (χ0n) is 14.0. The molecule has 0 saturated carbocycles. The predicted molar refractivity (Wildman–Crippen MR) is 90.1 cm³/mol. The molecular weight excluding hydrogens is 292 g/mol. The Kier molecular flexibility index (Phi) is 5.84. The fraction of sp³-hybridized carbons (Fsp3) is 0.529. The molecule has 1 heterocycles. The van der Waals surface area contributed by atoms with E-state index in [1.54, 1.807) is 24.3 Å². The summed E-state index contributed by atoms with van der Waals surface area (Å²) >= 11 is 0. The summed E-state index contributed by atoms with van der Waals surface area (Å²) < 4.78 is 1.11. The van der Waals surface area contributed by atoms with Crippen LogP contribution in [0.25, 0.3) is 10.9 Å². The molecule has 6 heteroatoms. The third kappa shape index (κ3) is 4.87. The van der Waals surface area contributed by atoms with Gasteiger partial charge in [-0.25, -0.2) is 4.68 Å². The minimum Gasteiger partial charge on any atom is -0.352 e. The van der Waals surface area contributed by atoms with Gasteiger partial charge in [-0.1, -0.05) is 44.0 Å². The summed E-state index contributed by atoms with van der Waals surface area (Å²) in [5, 5.41) is 11.2. The van der Waals surface area contributed by atoms with E-state index in [-0.39, 0.29) is 24.1 Å². The highest BCUT2D eigenvalue weighted by Gasteiger charge is 2.11. The summed E-state index contributed by atoms with van der Waals surface area (Å²) in [6.07, 6.45) is 3.16. The lowest BCUT2D eigenvalue weighted by Gasteiger charge is -2.14. The van der Waals surface area contributed by atoms with Gasteiger partial charge in [-0.3, -0.25) is 9.59 Å². The van der Waals surface area contributed by atoms with Crippen molar-refractivity contribution in [3.8, 4) is 0 Å². The second-order valence-corrected chi connectivity index (χ2v) is 6.36. The molecule has 0 aliphatic rings. The molecule has 124 valence electrons. The standard InChI is InChI=1S/C17H24N4O2/c1-12(2)7-6-8-13(3)18-16(22)11-21-17(23)14-9-4-5-10-15(14)19-20-21/h4-5,9-10,12-13H,6-8,11H2,1-3H3,(H,18,22)/t13-/m0/s1. The molecule has 1 aromatic carbocycles. The maximum absolute atomic E-state index is 12.3. The lowest BCUT2D eigenvalue weighted by molar-refractivity contribution is -0.122. The number of benzene rings is 1. The van der Waals surface area contributed by atoms with Crippen molar-refractivity contribution < 1.29 is 4.79 Å². The largest absolute Gasteiger partial charge is 0.352 e. The average Bonchev–Trinajstić information content (AvgIpc) is 2.50. The summed E-state index contributed by atoms with van der Waals surface area (Å²) in [5.41, 5.74) is 0.245. The minimum atomic E-state index is -0.293. The zero-order valence-corrected chi connectivity index (χ0v) is 14.0. The van der Waals surface area contributed by atoms with E-state index in [0.717, 1.165) is 23.9 Å². The van der Waals surface area contributed by atoms with E-state index in [9.17, 15) is 9.59 Å². The van der Waals surface area contributed by atoms with Crippen LogP contribution in [-0.2, 0) is 11.3 Å². The van der Waals surface area contributed by atoms with Crippen LogP contribution in [0, 0.1) is 5.92 Å². The van der Waals surface area contributed by atoms with Crippen molar-refractivity contribution in [3.63, 3.8) is 0 Å². The molecule has 0 aliphatic carbocycles. The third-order valence-electron chi connectivity index (χ3n) is 3.75. The van der Waals surface area contributed by atoms with Crippen LogP contribution < -0.4 is 10.9 Å². The van der Waals surface area contributed by atoms with Crippen LogP contribution in [-0.4, -0.2) is 26.9 Å². The highest BCUT2D eigenvalue weighted by atomic mass is 16.2. The second-order valence-electron chi connectivity index (χ2n) is 6.36. The monoisotopic (exact) mass is 316 g/mol. The molecule has 1 atom stereocenters. The number of rotatable bonds is 7. The molecule has 23 heavy (non-hydrogen) atoms. The number of fused-ring (bicyclic) bond motifs is 1. The van der Waals surface area contributed by atoms with Crippen molar-refractivity contribution in [1.29, 1.82) is 0 Å². The molecule has 1 amide bonds. The maximum Gasteiger partial charge on any atom is 0.278 e. The lowest BCUT2D eigenvalue weighted by atomic mass is 10.0. The van der Waals surface area contributed by atoms with Gasteiger partial charge in [-0.15, -0.1) is 5.10 Å². The van der Waals surface area contributed by atoms with Crippen molar-refractivity contribution >= 4 is 16.8 Å². The van der Waals surface area contributed by atoms with Gasteiger partial charge >= 0.3 is 0 Å². The highest BCUT2D eigenvalue weighted by molar-refractivity contribution is 5.78. The maximum atomic E-state index is 12.3. The number of carbonyl (C=O) groups is 1. The molecule has 0 saturated heterocycles. The zero-order chi connectivity index (χ0) is 16.8. The molecule has 6 nitrogen and oxygen atoms in total. The molecule has 0 aliphatic heterocycles. The summed E-state index contributed by atoms with van der Waals surface area (Å²) in [4.78, 5) is 24.3. The number of nitrogens with zero attached hydrogens (tertiary/aromatic N) is 3. The van der Waals surface area contributed by atoms with Gasteiger partial charge < -0.3 is 5.32 Å². The molecule has 1 N–H and O–H groups in total. The average molecular weight is 316 g/mol. The number of nitrogens with one attached hydrogen (secondary N) is 1. The van der Waals surface area contributed by atoms with Gasteiger partial charge in [0.15, 0.2) is 0 Å². The fourth-order valence-electron chi connectivity index (χ4n) is 2.49. The Balaban J connectivity index is 1.95. The Labute approximate surface area is 135 Å². The number of hydrogen-bond donors (Lipinski definition) is 1. The summed E-state index contributed by atoms with van der Waals surface area (Å²) in [6.45, 7) is 6.25. The van der Waals surface area contributed by atoms with E-state index in [2.05, 4.69) is 29.5 Å². The molecule has 0 spiro atoms. The number of aromatic nitrogens is 3. The van der Waals surface area contributed by atoms with E-state index in [0.29, 0.717) is 16.8 Å². The third-order valence-corrected chi connectivity index (χ3v) is 3.75. The highest BCUT2D eigenvalue weighted by Crippen LogP contribution is 2.08. The molecule has 2 aromatic rings. The molecular formula is C17H24N4O2. The summed E-state index contributed by atoms with van der Waals surface area (Å²) in [7, 11) is 0. The lowest BCUT2D eigenvalue weighted by Crippen LogP contribution is -2.38. The second kappa shape index (κ2) is 7.85. The van der Waals surface area contributed by atoms with Gasteiger partial charge in [0, 0.05) is 6.04 Å². The molecule has 0 radical (unpaired) electrons. The Morgan fingerprint density at radius 3 is 2.70 bits per heavy atom. The van der Waals surface area contributed by atoms with E-state index in [4.69, 9.17) is 0 Å². The van der Waals surface area contributed by atoms with E-state index in [1.165, 1.54) is 0 Å². The first kappa shape index (κ1) is 17.1. The first-order chi connectivity index (χ1) is 11.0. The van der Waals surface area contributed by atoms with Crippen molar-refractivity contribution in [2.24, 2.45) is 5.92 Å². The van der Waals surface area contributed by atoms with Crippen molar-refractivity contribution in [2.45, 2.75) is 52.6 Å². The summed E-state index contributed by atoms with van der Waals surface area (Å²) in [6, 6.07) is 7.07. The van der Waals surface area contributed by atoms with Crippen LogP contribution in [0.5, 0.6) is 0 Å². The fourth-order valence-corrected chi connectivity index (χ4v) is 2.49. The Hall–Kier alpha value is -2.24. The van der Waals surface area contributed by atoms with Crippen LogP contribution in [0.4, 0.5) is 0 Å². The predicted octanol–water partition coefficient (Wildman–Crippen LogP) is 2.12. The van der Waals surface area contributed by atoms with E-state index in [1.807, 2.05) is 6.92 Å². The Morgan fingerprint density at radius 1 is 1.22 bits per heavy atom. The van der Waals surface area contributed by atoms with Gasteiger partial charge in [0.1, 0.15) is 12.1 Å². The van der Waals surface area contributed by atoms with Gasteiger partial charge in [-0.2, -0.15) is 0 Å². The van der Waals surface area contributed by atoms with E-state index < -0.39 is 0 Å². The first-order valence-electron chi connectivity index (χ1n) is 8.09. The van der Waals surface area contributed by atoms with Crippen LogP contribution in [0.1, 0.15) is 40.0 Å². The Bertz CT molecular complexity index is 724. The smallest absolute Gasteiger partial charge is 0.278 e. The number of carbonyl (C=O) groups excluding carboxylic acids is 1. The van der Waals surface area contributed by atoms with Crippen LogP contribution in [0.2, 0.25) is 0 Å². The molecule has 0 bridgehead atoms. The summed E-state index contributed by atoms with van der Waals surface area (Å²) in [5.74, 6) is 0.457. The first-order valence-corrected chi connectivity index (χ1v) is 8.09. The topological polar surface area (TPSA) is 76.9 Å². The van der Waals surface area contributed by atoms with Crippen LogP contribution in [0.15, 0.2) is 29.1 Å². The van der Waals surface area contributed by atoms with Crippen molar-refractivity contribution in [2.75, 3.05) is 0 Å². The van der Waals surface area contributed by atoms with Gasteiger partial charge in [0.25, 0.3) is 5.56 Å². The quantitative estimate of drug-likeness (QED) is 0.849. The molecule has 1 aromatic heterocycles. The van der Waals surface area contributed by atoms with Gasteiger partial charge in [-0.05, 0) is 31.4 Å². The molecule has 2 rings (SSSR count). The minimum absolute atomic E-state index is 0.0883. The van der Waals surface area contributed by atoms with Crippen LogP contribution in [0.3, 0.4) is 0 Å². The molecule has 0 unspecified atom stereocenters. The van der Waals surface area contributed by atoms with Crippen LogP contribution >= 0.6 is 0 Å². The molecule has 0 fully saturated rings. The normalized spacial score (nSPS) is 12.5. The van der Waals surface area contributed by atoms with E-state index >= 15 is 0 Å². The van der Waals surface area contributed by atoms with Crippen molar-refractivity contribution in [3.05, 3.63) is 34.6 Å². The SMILES string of the molecule is CC(C)CCC[C@H](C)NC(=O)Cn1nnc2ccccc2c1=O.